The second-order valence-electron chi connectivity index (χ2n) is 5.96. The molecule has 4 rings (SSSR count). The Bertz CT molecular complexity index is 634. The van der Waals surface area contributed by atoms with Gasteiger partial charge in [0.2, 0.25) is 5.91 Å². The van der Waals surface area contributed by atoms with Crippen molar-refractivity contribution in [2.45, 2.75) is 38.8 Å². The van der Waals surface area contributed by atoms with Crippen LogP contribution in [0.25, 0.3) is 0 Å². The number of likely N-dealkylation sites (tertiary alicyclic amines) is 1. The van der Waals surface area contributed by atoms with Crippen molar-refractivity contribution in [3.05, 3.63) is 65.7 Å². The van der Waals surface area contributed by atoms with Crippen molar-refractivity contribution < 1.29 is 9.53 Å². The first-order valence-electron chi connectivity index (χ1n) is 8.34. The number of benzene rings is 2. The Labute approximate surface area is 137 Å². The minimum atomic E-state index is 0.279. The minimum Gasteiger partial charge on any atom is -0.489 e. The van der Waals surface area contributed by atoms with E-state index in [1.807, 2.05) is 35.2 Å². The summed E-state index contributed by atoms with van der Waals surface area (Å²) in [5, 5.41) is 0. The molecule has 1 unspecified atom stereocenters. The predicted octanol–water partition coefficient (Wildman–Crippen LogP) is 4.34. The highest BCUT2D eigenvalue weighted by Crippen LogP contribution is 2.28. The van der Waals surface area contributed by atoms with Gasteiger partial charge in [-0.1, -0.05) is 49.4 Å². The average molecular weight is 309 g/mol. The Morgan fingerprint density at radius 1 is 1.13 bits per heavy atom. The summed E-state index contributed by atoms with van der Waals surface area (Å²) >= 11 is 0. The van der Waals surface area contributed by atoms with E-state index in [2.05, 4.69) is 31.2 Å². The second kappa shape index (κ2) is 7.32. The minimum absolute atomic E-state index is 0.279. The van der Waals surface area contributed by atoms with Crippen LogP contribution in [0, 0.1) is 0 Å². The van der Waals surface area contributed by atoms with Gasteiger partial charge in [-0.05, 0) is 36.1 Å². The molecule has 1 amide bonds. The number of rotatable bonds is 3. The molecule has 1 fully saturated rings. The van der Waals surface area contributed by atoms with Crippen LogP contribution in [0.2, 0.25) is 0 Å². The fraction of sp³-hybridized carbons (Fsp3) is 0.350. The molecular weight excluding hydrogens is 286 g/mol. The van der Waals surface area contributed by atoms with E-state index in [0.29, 0.717) is 5.91 Å². The van der Waals surface area contributed by atoms with E-state index in [4.69, 9.17) is 4.74 Å². The first-order valence-corrected chi connectivity index (χ1v) is 8.34. The molecule has 2 aliphatic heterocycles. The van der Waals surface area contributed by atoms with Crippen LogP contribution in [0.4, 0.5) is 0 Å². The number of ether oxygens (including phenoxy) is 1. The molecule has 2 aliphatic rings. The Kier molecular flexibility index (Phi) is 4.96. The van der Waals surface area contributed by atoms with E-state index in [0.717, 1.165) is 38.2 Å². The van der Waals surface area contributed by atoms with Crippen molar-refractivity contribution in [2.75, 3.05) is 6.54 Å². The van der Waals surface area contributed by atoms with Crippen LogP contribution < -0.4 is 4.74 Å². The quantitative estimate of drug-likeness (QED) is 0.844. The third-order valence-electron chi connectivity index (χ3n) is 4.36. The zero-order valence-corrected chi connectivity index (χ0v) is 13.6. The Morgan fingerprint density at radius 3 is 2.57 bits per heavy atom. The molecule has 2 aromatic carbocycles. The summed E-state index contributed by atoms with van der Waals surface area (Å²) in [5.41, 5.74) is 2.54. The van der Waals surface area contributed by atoms with Gasteiger partial charge in [0.15, 0.2) is 0 Å². The van der Waals surface area contributed by atoms with Gasteiger partial charge in [-0.25, -0.2) is 0 Å². The monoisotopic (exact) mass is 309 g/mol. The second-order valence-corrected chi connectivity index (χ2v) is 5.96. The molecule has 3 nitrogen and oxygen atoms in total. The van der Waals surface area contributed by atoms with E-state index < -0.39 is 0 Å². The molecule has 2 aromatic rings. The number of amides is 1. The van der Waals surface area contributed by atoms with Gasteiger partial charge < -0.3 is 9.64 Å². The molecule has 2 bridgehead atoms. The van der Waals surface area contributed by atoms with Gasteiger partial charge in [0.05, 0.1) is 6.04 Å². The first kappa shape index (κ1) is 15.6. The highest BCUT2D eigenvalue weighted by molar-refractivity contribution is 5.78. The molecule has 0 aliphatic carbocycles. The molecule has 0 saturated carbocycles. The summed E-state index contributed by atoms with van der Waals surface area (Å²) in [6.07, 6.45) is 2.74. The third kappa shape index (κ3) is 3.73. The maximum atomic E-state index is 11.7. The fourth-order valence-corrected chi connectivity index (χ4v) is 3.20. The van der Waals surface area contributed by atoms with Crippen molar-refractivity contribution in [1.29, 1.82) is 0 Å². The van der Waals surface area contributed by atoms with Crippen LogP contribution in [-0.4, -0.2) is 17.4 Å². The van der Waals surface area contributed by atoms with Crippen molar-refractivity contribution in [1.82, 2.24) is 4.90 Å². The van der Waals surface area contributed by atoms with E-state index in [1.54, 1.807) is 0 Å². The highest BCUT2D eigenvalue weighted by Gasteiger charge is 2.27. The number of nitrogens with zero attached hydrogens (tertiary/aromatic N) is 1. The Morgan fingerprint density at radius 2 is 1.96 bits per heavy atom. The standard InChI is InChI=1S/C13H17NO.C7H6O/c1-2-12(11-7-4-3-5-8-11)14-10-6-9-13(14)15;1-2-6-4-7(3-1)8-5-6/h3-5,7-8,12H,2,6,9-10H2,1H3;1-4H,5H2. The Hall–Kier alpha value is -2.29. The van der Waals surface area contributed by atoms with E-state index in [1.165, 1.54) is 11.1 Å². The van der Waals surface area contributed by atoms with Crippen LogP contribution in [0.1, 0.15) is 43.4 Å². The van der Waals surface area contributed by atoms with Crippen LogP contribution >= 0.6 is 0 Å². The predicted molar refractivity (Wildman–Crippen MR) is 91.2 cm³/mol. The van der Waals surface area contributed by atoms with Gasteiger partial charge >= 0.3 is 0 Å². The largest absolute Gasteiger partial charge is 0.489 e. The fourth-order valence-electron chi connectivity index (χ4n) is 3.20. The number of hydrogen-bond donors (Lipinski definition) is 0. The summed E-state index contributed by atoms with van der Waals surface area (Å²) in [5.74, 6) is 1.31. The molecule has 120 valence electrons. The van der Waals surface area contributed by atoms with Crippen LogP contribution in [0.5, 0.6) is 5.75 Å². The summed E-state index contributed by atoms with van der Waals surface area (Å²) in [4.78, 5) is 13.7. The van der Waals surface area contributed by atoms with Gasteiger partial charge in [0.1, 0.15) is 12.4 Å². The molecule has 1 atom stereocenters. The van der Waals surface area contributed by atoms with Crippen molar-refractivity contribution in [3.63, 3.8) is 0 Å². The number of carbonyl (C=O) groups excluding carboxylic acids is 1. The van der Waals surface area contributed by atoms with Crippen LogP contribution in [0.3, 0.4) is 0 Å². The molecule has 0 N–H and O–H groups in total. The zero-order chi connectivity index (χ0) is 16.1. The summed E-state index contributed by atoms with van der Waals surface area (Å²) in [7, 11) is 0. The molecule has 1 saturated heterocycles. The van der Waals surface area contributed by atoms with Gasteiger partial charge in [0.25, 0.3) is 0 Å². The molecule has 0 spiro atoms. The molecular formula is C20H23NO2. The van der Waals surface area contributed by atoms with Crippen LogP contribution in [0.15, 0.2) is 54.6 Å². The molecule has 0 radical (unpaired) electrons. The lowest BCUT2D eigenvalue weighted by Crippen LogP contribution is -2.29. The smallest absolute Gasteiger partial charge is 0.223 e. The number of hydrogen-bond acceptors (Lipinski definition) is 2. The van der Waals surface area contributed by atoms with Crippen LogP contribution in [-0.2, 0) is 11.4 Å². The average Bonchev–Trinajstić information content (AvgIpc) is 3.16. The van der Waals surface area contributed by atoms with Gasteiger partial charge in [-0.3, -0.25) is 4.79 Å². The zero-order valence-electron chi connectivity index (χ0n) is 13.6. The topological polar surface area (TPSA) is 29.5 Å². The SMILES string of the molecule is CCC(c1ccccc1)N1CCCC1=O.c1cc2cc(c1)OC2. The molecule has 23 heavy (non-hydrogen) atoms. The van der Waals surface area contributed by atoms with Crippen molar-refractivity contribution in [3.8, 4) is 5.75 Å². The van der Waals surface area contributed by atoms with Gasteiger partial charge in [0, 0.05) is 13.0 Å². The van der Waals surface area contributed by atoms with Gasteiger partial charge in [-0.15, -0.1) is 0 Å². The van der Waals surface area contributed by atoms with E-state index in [9.17, 15) is 4.79 Å². The summed E-state index contributed by atoms with van der Waals surface area (Å²) in [6, 6.07) is 18.7. The summed E-state index contributed by atoms with van der Waals surface area (Å²) < 4.78 is 5.18. The first-order chi connectivity index (χ1) is 11.3. The van der Waals surface area contributed by atoms with Crippen molar-refractivity contribution in [2.24, 2.45) is 0 Å². The molecule has 0 aromatic heterocycles. The third-order valence-corrected chi connectivity index (χ3v) is 4.36. The van der Waals surface area contributed by atoms with E-state index in [-0.39, 0.29) is 6.04 Å². The van der Waals surface area contributed by atoms with Crippen molar-refractivity contribution >= 4 is 5.91 Å². The maximum absolute atomic E-state index is 11.7. The lowest BCUT2D eigenvalue weighted by atomic mass is 10.0. The Balaban J connectivity index is 0.000000162. The lowest BCUT2D eigenvalue weighted by Gasteiger charge is -2.27. The maximum Gasteiger partial charge on any atom is 0.223 e. The highest BCUT2D eigenvalue weighted by atomic mass is 16.5. The number of carbonyl (C=O) groups is 1. The normalized spacial score (nSPS) is 16.6. The lowest BCUT2D eigenvalue weighted by molar-refractivity contribution is -0.129. The molecule has 2 heterocycles. The summed E-state index contributed by atoms with van der Waals surface area (Å²) in [6.45, 7) is 3.83. The van der Waals surface area contributed by atoms with E-state index >= 15 is 0 Å². The molecule has 3 heteroatoms. The number of fused-ring (bicyclic) bond motifs is 2. The van der Waals surface area contributed by atoms with Gasteiger partial charge in [-0.2, -0.15) is 0 Å².